The van der Waals surface area contributed by atoms with Gasteiger partial charge in [-0.1, -0.05) is 46.3 Å². The van der Waals surface area contributed by atoms with E-state index in [1.54, 1.807) is 10.6 Å². The van der Waals surface area contributed by atoms with Crippen molar-refractivity contribution in [2.75, 3.05) is 50.0 Å². The van der Waals surface area contributed by atoms with Crippen LogP contribution in [0.2, 0.25) is 0 Å². The lowest BCUT2D eigenvalue weighted by atomic mass is 10.1. The molecule has 36 heavy (non-hydrogen) atoms. The maximum Gasteiger partial charge on any atom is 0.215 e. The molecule has 5 rings (SSSR count). The van der Waals surface area contributed by atoms with E-state index in [-0.39, 0.29) is 11.8 Å². The van der Waals surface area contributed by atoms with E-state index in [1.807, 2.05) is 36.5 Å². The van der Waals surface area contributed by atoms with Gasteiger partial charge in [0.05, 0.1) is 37.5 Å². The molecule has 0 bridgehead atoms. The Morgan fingerprint density at radius 1 is 1.11 bits per heavy atom. The number of hydrogen-bond donors (Lipinski definition) is 1. The minimum absolute atomic E-state index is 0.0982. The highest BCUT2D eigenvalue weighted by Gasteiger charge is 2.36. The van der Waals surface area contributed by atoms with Gasteiger partial charge in [0.25, 0.3) is 0 Å². The number of aromatic nitrogens is 2. The summed E-state index contributed by atoms with van der Waals surface area (Å²) < 4.78 is 36.0. The first-order valence-electron chi connectivity index (χ1n) is 12.3. The first kappa shape index (κ1) is 25.4. The average Bonchev–Trinajstić information content (AvgIpc) is 3.34. The number of morpholine rings is 1. The van der Waals surface area contributed by atoms with Gasteiger partial charge < -0.3 is 14.6 Å². The molecular weight excluding hydrogens is 542 g/mol. The fraction of sp³-hybridized carbons (Fsp3) is 0.423. The van der Waals surface area contributed by atoms with Crippen molar-refractivity contribution >= 4 is 31.6 Å². The van der Waals surface area contributed by atoms with Crippen LogP contribution >= 0.6 is 15.9 Å². The number of imidazole rings is 1. The zero-order valence-electron chi connectivity index (χ0n) is 20.2. The van der Waals surface area contributed by atoms with Gasteiger partial charge in [-0.25, -0.2) is 13.4 Å². The molecule has 192 valence electrons. The van der Waals surface area contributed by atoms with Gasteiger partial charge in [0.2, 0.25) is 10.0 Å². The van der Waals surface area contributed by atoms with Crippen LogP contribution in [0.3, 0.4) is 0 Å². The summed E-state index contributed by atoms with van der Waals surface area (Å²) in [5, 5.41) is 0. The van der Waals surface area contributed by atoms with Crippen LogP contribution in [0.1, 0.15) is 16.8 Å². The second-order valence-electron chi connectivity index (χ2n) is 9.37. The third-order valence-corrected chi connectivity index (χ3v) is 9.23. The molecule has 0 aliphatic carbocycles. The fourth-order valence-electron chi connectivity index (χ4n) is 5.02. The normalized spacial score (nSPS) is 19.7. The van der Waals surface area contributed by atoms with E-state index in [9.17, 15) is 8.42 Å². The van der Waals surface area contributed by atoms with Crippen molar-refractivity contribution in [2.45, 2.75) is 25.6 Å². The number of fused-ring (bicyclic) bond motifs is 1. The van der Waals surface area contributed by atoms with E-state index >= 15 is 0 Å². The van der Waals surface area contributed by atoms with Crippen LogP contribution < -0.4 is 4.90 Å². The molecule has 0 saturated carbocycles. The minimum atomic E-state index is -3.53. The van der Waals surface area contributed by atoms with Crippen LogP contribution in [-0.4, -0.2) is 78.8 Å². The summed E-state index contributed by atoms with van der Waals surface area (Å²) in [5.41, 5.74) is 4.09. The SMILES string of the molecule is O=S(=O)(CCN1CCOCC1)N1Cc2cc(Br)ccc2N(Cc2c[nH]cn2)CC1Cc1ccccc1. The van der Waals surface area contributed by atoms with Crippen molar-refractivity contribution in [3.63, 3.8) is 0 Å². The van der Waals surface area contributed by atoms with Crippen LogP contribution in [0.5, 0.6) is 0 Å². The summed E-state index contributed by atoms with van der Waals surface area (Å²) in [4.78, 5) is 11.9. The maximum atomic E-state index is 13.9. The van der Waals surface area contributed by atoms with Gasteiger partial charge in [-0.15, -0.1) is 0 Å². The van der Waals surface area contributed by atoms with Crippen molar-refractivity contribution in [3.8, 4) is 0 Å². The zero-order valence-corrected chi connectivity index (χ0v) is 22.6. The topological polar surface area (TPSA) is 81.8 Å². The Hall–Kier alpha value is -2.24. The summed E-state index contributed by atoms with van der Waals surface area (Å²) in [7, 11) is -3.53. The van der Waals surface area contributed by atoms with E-state index in [0.29, 0.717) is 45.8 Å². The summed E-state index contributed by atoms with van der Waals surface area (Å²) in [6.45, 7) is 4.90. The van der Waals surface area contributed by atoms with E-state index in [4.69, 9.17) is 4.74 Å². The lowest BCUT2D eigenvalue weighted by Crippen LogP contribution is -2.48. The zero-order chi connectivity index (χ0) is 25.0. The molecule has 8 nitrogen and oxygen atoms in total. The molecule has 0 spiro atoms. The lowest BCUT2D eigenvalue weighted by molar-refractivity contribution is 0.0406. The number of halogens is 1. The second-order valence-corrected chi connectivity index (χ2v) is 12.3. The number of H-pyrrole nitrogens is 1. The van der Waals surface area contributed by atoms with Gasteiger partial charge in [0.15, 0.2) is 0 Å². The number of hydrogen-bond acceptors (Lipinski definition) is 6. The maximum absolute atomic E-state index is 13.9. The van der Waals surface area contributed by atoms with Crippen molar-refractivity contribution in [3.05, 3.63) is 82.3 Å². The molecule has 3 aromatic rings. The highest BCUT2D eigenvalue weighted by molar-refractivity contribution is 9.10. The molecule has 2 aromatic carbocycles. The van der Waals surface area contributed by atoms with Crippen molar-refractivity contribution in [1.82, 2.24) is 19.2 Å². The molecule has 1 atom stereocenters. The Kier molecular flexibility index (Phi) is 8.07. The number of ether oxygens (including phenoxy) is 1. The number of aromatic amines is 1. The van der Waals surface area contributed by atoms with Gasteiger partial charge in [-0.3, -0.25) is 4.90 Å². The summed E-state index contributed by atoms with van der Waals surface area (Å²) in [6.07, 6.45) is 4.22. The summed E-state index contributed by atoms with van der Waals surface area (Å²) >= 11 is 3.60. The molecule has 2 aliphatic heterocycles. The molecule has 2 aliphatic rings. The van der Waals surface area contributed by atoms with Crippen LogP contribution in [0.25, 0.3) is 0 Å². The fourth-order valence-corrected chi connectivity index (χ4v) is 7.08. The smallest absolute Gasteiger partial charge is 0.215 e. The average molecular weight is 575 g/mol. The Labute approximate surface area is 221 Å². The molecule has 1 aromatic heterocycles. The monoisotopic (exact) mass is 573 g/mol. The van der Waals surface area contributed by atoms with E-state index in [0.717, 1.165) is 40.1 Å². The first-order chi connectivity index (χ1) is 17.5. The highest BCUT2D eigenvalue weighted by atomic mass is 79.9. The molecular formula is C26H32BrN5O3S. The van der Waals surface area contributed by atoms with Gasteiger partial charge in [-0.2, -0.15) is 4.31 Å². The quantitative estimate of drug-likeness (QED) is 0.445. The van der Waals surface area contributed by atoms with E-state index in [2.05, 4.69) is 53.9 Å². The van der Waals surface area contributed by atoms with E-state index < -0.39 is 10.0 Å². The molecule has 10 heteroatoms. The first-order valence-corrected chi connectivity index (χ1v) is 14.7. The number of sulfonamides is 1. The van der Waals surface area contributed by atoms with Gasteiger partial charge in [0.1, 0.15) is 0 Å². The Bertz CT molecular complexity index is 1230. The molecule has 1 unspecified atom stereocenters. The Balaban J connectivity index is 1.48. The number of rotatable bonds is 8. The predicted octanol–water partition coefficient (Wildman–Crippen LogP) is 3.27. The number of nitrogens with one attached hydrogen (secondary N) is 1. The summed E-state index contributed by atoms with van der Waals surface area (Å²) in [6, 6.07) is 16.1. The van der Waals surface area contributed by atoms with Crippen LogP contribution in [0.4, 0.5) is 5.69 Å². The number of anilines is 1. The highest BCUT2D eigenvalue weighted by Crippen LogP contribution is 2.33. The van der Waals surface area contributed by atoms with Crippen molar-refractivity contribution < 1.29 is 13.2 Å². The van der Waals surface area contributed by atoms with Crippen molar-refractivity contribution in [1.29, 1.82) is 0 Å². The Morgan fingerprint density at radius 2 is 1.92 bits per heavy atom. The molecule has 1 saturated heterocycles. The Morgan fingerprint density at radius 3 is 2.67 bits per heavy atom. The van der Waals surface area contributed by atoms with Crippen LogP contribution in [0, 0.1) is 0 Å². The number of nitrogens with zero attached hydrogens (tertiary/aromatic N) is 4. The third kappa shape index (κ3) is 6.18. The molecule has 3 heterocycles. The molecule has 1 N–H and O–H groups in total. The van der Waals surface area contributed by atoms with Gasteiger partial charge in [-0.05, 0) is 35.7 Å². The van der Waals surface area contributed by atoms with Crippen molar-refractivity contribution in [2.24, 2.45) is 0 Å². The lowest BCUT2D eigenvalue weighted by Gasteiger charge is -2.33. The van der Waals surface area contributed by atoms with Crippen LogP contribution in [0.15, 0.2) is 65.5 Å². The predicted molar refractivity (Wildman–Crippen MR) is 144 cm³/mol. The largest absolute Gasteiger partial charge is 0.379 e. The molecule has 0 amide bonds. The van der Waals surface area contributed by atoms with Gasteiger partial charge >= 0.3 is 0 Å². The molecule has 0 radical (unpaired) electrons. The van der Waals surface area contributed by atoms with Gasteiger partial charge in [0, 0.05) is 55.1 Å². The third-order valence-electron chi connectivity index (χ3n) is 6.90. The minimum Gasteiger partial charge on any atom is -0.379 e. The van der Waals surface area contributed by atoms with Crippen LogP contribution in [-0.2, 0) is 34.3 Å². The van der Waals surface area contributed by atoms with E-state index in [1.165, 1.54) is 0 Å². The second kappa shape index (κ2) is 11.4. The summed E-state index contributed by atoms with van der Waals surface area (Å²) in [5.74, 6) is 0.0982. The standard InChI is InChI=1S/C26H32BrN5O3S/c27-23-6-7-26-22(15-23)17-32(36(33,34)13-10-30-8-11-35-12-9-30)25(14-21-4-2-1-3-5-21)19-31(26)18-24-16-28-20-29-24/h1-7,15-16,20,25H,8-14,17-19H2,(H,28,29). The number of benzene rings is 2. The molecule has 1 fully saturated rings.